The van der Waals surface area contributed by atoms with Crippen molar-refractivity contribution in [3.63, 3.8) is 0 Å². The molecule has 1 amide bonds. The molecule has 1 N–H and O–H groups in total. The predicted molar refractivity (Wildman–Crippen MR) is 121 cm³/mol. The van der Waals surface area contributed by atoms with E-state index in [1.54, 1.807) is 18.2 Å². The standard InChI is InChI=1S/C23H28Cl2FN3O/c1-28(13-10-27-23(30)15-18-4-2-3-5-22(18)26)19-8-11-29(12-9-19)16-17-6-7-20(24)21(25)14-17/h2-7,14,19H,8-13,15-16H2,1H3,(H,27,30). The molecule has 1 heterocycles. The Morgan fingerprint density at radius 3 is 2.60 bits per heavy atom. The highest BCUT2D eigenvalue weighted by Gasteiger charge is 2.22. The summed E-state index contributed by atoms with van der Waals surface area (Å²) in [5, 5.41) is 4.08. The van der Waals surface area contributed by atoms with Crippen LogP contribution in [0.1, 0.15) is 24.0 Å². The molecule has 0 bridgehead atoms. The van der Waals surface area contributed by atoms with Gasteiger partial charge in [0.15, 0.2) is 0 Å². The number of likely N-dealkylation sites (N-methyl/N-ethyl adjacent to an activating group) is 1. The SMILES string of the molecule is CN(CCNC(=O)Cc1ccccc1F)C1CCN(Cc2ccc(Cl)c(Cl)c2)CC1. The number of likely N-dealkylation sites (tertiary alicyclic amines) is 1. The molecule has 1 aliphatic rings. The van der Waals surface area contributed by atoms with Gasteiger partial charge in [-0.3, -0.25) is 9.69 Å². The van der Waals surface area contributed by atoms with Gasteiger partial charge in [-0.15, -0.1) is 0 Å². The Kier molecular flexibility index (Phi) is 8.51. The molecule has 30 heavy (non-hydrogen) atoms. The molecular formula is C23H28Cl2FN3O. The number of hydrogen-bond acceptors (Lipinski definition) is 3. The number of halogens is 3. The smallest absolute Gasteiger partial charge is 0.224 e. The van der Waals surface area contributed by atoms with E-state index in [0.29, 0.717) is 28.2 Å². The van der Waals surface area contributed by atoms with Gasteiger partial charge in [-0.2, -0.15) is 0 Å². The number of benzene rings is 2. The maximum Gasteiger partial charge on any atom is 0.224 e. The number of amides is 1. The fourth-order valence-electron chi connectivity index (χ4n) is 3.85. The summed E-state index contributed by atoms with van der Waals surface area (Å²) in [4.78, 5) is 16.8. The van der Waals surface area contributed by atoms with Crippen molar-refractivity contribution in [2.24, 2.45) is 0 Å². The highest BCUT2D eigenvalue weighted by atomic mass is 35.5. The van der Waals surface area contributed by atoms with E-state index in [0.717, 1.165) is 39.0 Å². The van der Waals surface area contributed by atoms with Crippen molar-refractivity contribution < 1.29 is 9.18 Å². The lowest BCUT2D eigenvalue weighted by Gasteiger charge is -2.36. The molecule has 1 saturated heterocycles. The van der Waals surface area contributed by atoms with Gasteiger partial charge in [-0.25, -0.2) is 4.39 Å². The number of nitrogens with one attached hydrogen (secondary N) is 1. The number of nitrogens with zero attached hydrogens (tertiary/aromatic N) is 2. The maximum atomic E-state index is 13.6. The summed E-state index contributed by atoms with van der Waals surface area (Å²) < 4.78 is 13.6. The largest absolute Gasteiger partial charge is 0.355 e. The first kappa shape index (κ1) is 23.0. The number of hydrogen-bond donors (Lipinski definition) is 1. The third-order valence-corrected chi connectivity index (χ3v) is 6.41. The first-order valence-electron chi connectivity index (χ1n) is 10.3. The molecule has 2 aromatic rings. The lowest BCUT2D eigenvalue weighted by Crippen LogP contribution is -2.45. The van der Waals surface area contributed by atoms with Crippen LogP contribution in [0.3, 0.4) is 0 Å². The Hall–Kier alpha value is -1.66. The van der Waals surface area contributed by atoms with Crippen LogP contribution in [0.4, 0.5) is 4.39 Å². The van der Waals surface area contributed by atoms with Crippen molar-refractivity contribution in [1.82, 2.24) is 15.1 Å². The highest BCUT2D eigenvalue weighted by molar-refractivity contribution is 6.42. The highest BCUT2D eigenvalue weighted by Crippen LogP contribution is 2.24. The van der Waals surface area contributed by atoms with E-state index in [9.17, 15) is 9.18 Å². The molecule has 0 spiro atoms. The number of carbonyl (C=O) groups is 1. The van der Waals surface area contributed by atoms with Crippen molar-refractivity contribution in [3.05, 3.63) is 69.5 Å². The molecule has 0 radical (unpaired) electrons. The zero-order valence-electron chi connectivity index (χ0n) is 17.2. The number of rotatable bonds is 8. The van der Waals surface area contributed by atoms with Crippen molar-refractivity contribution in [2.45, 2.75) is 31.8 Å². The quantitative estimate of drug-likeness (QED) is 0.646. The minimum atomic E-state index is -0.336. The minimum Gasteiger partial charge on any atom is -0.355 e. The van der Waals surface area contributed by atoms with Crippen molar-refractivity contribution >= 4 is 29.1 Å². The summed E-state index contributed by atoms with van der Waals surface area (Å²) in [6, 6.07) is 12.7. The molecule has 3 rings (SSSR count). The Balaban J connectivity index is 1.35. The predicted octanol–water partition coefficient (Wildman–Crippen LogP) is 4.39. The number of piperidine rings is 1. The summed E-state index contributed by atoms with van der Waals surface area (Å²) in [5.41, 5.74) is 1.60. The summed E-state index contributed by atoms with van der Waals surface area (Å²) in [5.74, 6) is -0.484. The molecule has 0 saturated carbocycles. The van der Waals surface area contributed by atoms with Gasteiger partial charge < -0.3 is 10.2 Å². The van der Waals surface area contributed by atoms with Gasteiger partial charge in [0.25, 0.3) is 0 Å². The molecule has 1 aliphatic heterocycles. The van der Waals surface area contributed by atoms with E-state index in [4.69, 9.17) is 23.2 Å². The van der Waals surface area contributed by atoms with Crippen molar-refractivity contribution in [3.8, 4) is 0 Å². The summed E-state index contributed by atoms with van der Waals surface area (Å²) >= 11 is 12.1. The minimum absolute atomic E-state index is 0.0729. The molecule has 0 aromatic heterocycles. The van der Waals surface area contributed by atoms with Crippen LogP contribution >= 0.6 is 23.2 Å². The van der Waals surface area contributed by atoms with Crippen LogP contribution in [0.5, 0.6) is 0 Å². The maximum absolute atomic E-state index is 13.6. The molecule has 4 nitrogen and oxygen atoms in total. The van der Waals surface area contributed by atoms with Gasteiger partial charge in [0.05, 0.1) is 16.5 Å². The molecule has 162 valence electrons. The van der Waals surface area contributed by atoms with Gasteiger partial charge in [-0.05, 0) is 62.3 Å². The van der Waals surface area contributed by atoms with Crippen LogP contribution in [-0.4, -0.2) is 55.0 Å². The second kappa shape index (κ2) is 11.1. The fourth-order valence-corrected chi connectivity index (χ4v) is 4.17. The van der Waals surface area contributed by atoms with Crippen LogP contribution < -0.4 is 5.32 Å². The van der Waals surface area contributed by atoms with E-state index >= 15 is 0 Å². The topological polar surface area (TPSA) is 35.6 Å². The molecule has 7 heteroatoms. The van der Waals surface area contributed by atoms with Crippen LogP contribution in [0.2, 0.25) is 10.0 Å². The first-order valence-corrected chi connectivity index (χ1v) is 11.0. The average molecular weight is 452 g/mol. The Morgan fingerprint density at radius 2 is 1.90 bits per heavy atom. The van der Waals surface area contributed by atoms with Crippen molar-refractivity contribution in [2.75, 3.05) is 33.2 Å². The van der Waals surface area contributed by atoms with Crippen LogP contribution in [0.25, 0.3) is 0 Å². The molecule has 0 aliphatic carbocycles. The van der Waals surface area contributed by atoms with E-state index in [-0.39, 0.29) is 18.1 Å². The van der Waals surface area contributed by atoms with Gasteiger partial charge in [-0.1, -0.05) is 47.5 Å². The van der Waals surface area contributed by atoms with E-state index < -0.39 is 0 Å². The van der Waals surface area contributed by atoms with Gasteiger partial charge in [0.1, 0.15) is 5.82 Å². The van der Waals surface area contributed by atoms with Gasteiger partial charge in [0.2, 0.25) is 5.91 Å². The van der Waals surface area contributed by atoms with E-state index in [1.807, 2.05) is 18.2 Å². The Bertz CT molecular complexity index is 856. The monoisotopic (exact) mass is 451 g/mol. The normalized spacial score (nSPS) is 15.5. The molecule has 2 aromatic carbocycles. The molecule has 1 fully saturated rings. The van der Waals surface area contributed by atoms with Crippen LogP contribution in [0.15, 0.2) is 42.5 Å². The second-order valence-electron chi connectivity index (χ2n) is 7.85. The fraction of sp³-hybridized carbons (Fsp3) is 0.435. The molecular weight excluding hydrogens is 424 g/mol. The van der Waals surface area contributed by atoms with Gasteiger partial charge >= 0.3 is 0 Å². The molecule has 0 atom stereocenters. The number of carbonyl (C=O) groups excluding carboxylic acids is 1. The lowest BCUT2D eigenvalue weighted by atomic mass is 10.0. The first-order chi connectivity index (χ1) is 14.4. The van der Waals surface area contributed by atoms with Gasteiger partial charge in [0, 0.05) is 25.7 Å². The van der Waals surface area contributed by atoms with E-state index in [1.165, 1.54) is 11.6 Å². The zero-order chi connectivity index (χ0) is 21.5. The summed E-state index contributed by atoms with van der Waals surface area (Å²) in [7, 11) is 2.10. The van der Waals surface area contributed by atoms with Crippen LogP contribution in [0, 0.1) is 5.82 Å². The average Bonchev–Trinajstić information content (AvgIpc) is 2.73. The zero-order valence-corrected chi connectivity index (χ0v) is 18.7. The Labute approximate surface area is 188 Å². The third-order valence-electron chi connectivity index (χ3n) is 5.67. The van der Waals surface area contributed by atoms with Crippen molar-refractivity contribution in [1.29, 1.82) is 0 Å². The Morgan fingerprint density at radius 1 is 1.17 bits per heavy atom. The summed E-state index contributed by atoms with van der Waals surface area (Å²) in [6.45, 7) is 4.26. The molecule has 0 unspecified atom stereocenters. The second-order valence-corrected chi connectivity index (χ2v) is 8.67. The van der Waals surface area contributed by atoms with E-state index in [2.05, 4.69) is 22.2 Å². The van der Waals surface area contributed by atoms with Crippen LogP contribution in [-0.2, 0) is 17.8 Å². The third kappa shape index (κ3) is 6.67. The lowest BCUT2D eigenvalue weighted by molar-refractivity contribution is -0.120. The summed E-state index contributed by atoms with van der Waals surface area (Å²) in [6.07, 6.45) is 2.24.